The average molecular weight is 362 g/mol. The summed E-state index contributed by atoms with van der Waals surface area (Å²) in [5, 5.41) is 9.93. The Morgan fingerprint density at radius 3 is 2.81 bits per heavy atom. The smallest absolute Gasteiger partial charge is 0.222 e. The van der Waals surface area contributed by atoms with Gasteiger partial charge in [0.05, 0.1) is 23.9 Å². The van der Waals surface area contributed by atoms with E-state index in [0.717, 1.165) is 11.8 Å². The molecule has 2 heterocycles. The molecule has 0 aliphatic rings. The molecule has 0 bridgehead atoms. The Bertz CT molecular complexity index is 986. The summed E-state index contributed by atoms with van der Waals surface area (Å²) < 4.78 is 11.2. The van der Waals surface area contributed by atoms with Crippen molar-refractivity contribution in [2.75, 3.05) is 7.11 Å². The lowest BCUT2D eigenvalue weighted by molar-refractivity contribution is 0.112. The van der Waals surface area contributed by atoms with Crippen molar-refractivity contribution in [3.63, 3.8) is 0 Å². The van der Waals surface area contributed by atoms with Gasteiger partial charge in [-0.15, -0.1) is 0 Å². The second kappa shape index (κ2) is 8.14. The minimum atomic E-state index is 0.0958. The van der Waals surface area contributed by atoms with Gasteiger partial charge < -0.3 is 14.6 Å². The molecule has 0 radical (unpaired) electrons. The number of carbonyl (C=O) groups excluding carboxylic acids is 1. The Labute approximate surface area is 156 Å². The number of aromatic hydroxyl groups is 1. The van der Waals surface area contributed by atoms with Crippen LogP contribution in [0, 0.1) is 0 Å². The summed E-state index contributed by atoms with van der Waals surface area (Å²) in [6.45, 7) is 3.90. The van der Waals surface area contributed by atoms with Gasteiger partial charge in [0.1, 0.15) is 18.1 Å². The SMILES string of the molecule is C=Cc1c(O)cccc1OCc1cccnc1-c1cc(C=O)cnc1OC. The normalized spacial score (nSPS) is 10.3. The maximum atomic E-state index is 11.1. The summed E-state index contributed by atoms with van der Waals surface area (Å²) in [5.74, 6) is 0.967. The van der Waals surface area contributed by atoms with Crippen molar-refractivity contribution >= 4 is 12.4 Å². The van der Waals surface area contributed by atoms with Crippen molar-refractivity contribution in [2.45, 2.75) is 6.61 Å². The Kier molecular flexibility index (Phi) is 5.47. The Hall–Kier alpha value is -3.67. The molecule has 1 N–H and O–H groups in total. The number of aromatic nitrogens is 2. The van der Waals surface area contributed by atoms with Crippen molar-refractivity contribution in [3.05, 3.63) is 72.1 Å². The summed E-state index contributed by atoms with van der Waals surface area (Å²) in [6.07, 6.45) is 5.35. The van der Waals surface area contributed by atoms with Gasteiger partial charge >= 0.3 is 0 Å². The van der Waals surface area contributed by atoms with Gasteiger partial charge in [-0.2, -0.15) is 0 Å². The molecule has 0 fully saturated rings. The van der Waals surface area contributed by atoms with E-state index in [-0.39, 0.29) is 12.4 Å². The van der Waals surface area contributed by atoms with E-state index in [9.17, 15) is 9.90 Å². The second-order valence-corrected chi connectivity index (χ2v) is 5.64. The molecule has 0 aliphatic carbocycles. The van der Waals surface area contributed by atoms with E-state index in [0.29, 0.717) is 34.0 Å². The number of methoxy groups -OCH3 is 1. The summed E-state index contributed by atoms with van der Waals surface area (Å²) >= 11 is 0. The maximum absolute atomic E-state index is 11.1. The van der Waals surface area contributed by atoms with Gasteiger partial charge in [-0.3, -0.25) is 9.78 Å². The number of hydrogen-bond acceptors (Lipinski definition) is 6. The van der Waals surface area contributed by atoms with Gasteiger partial charge in [0.2, 0.25) is 5.88 Å². The van der Waals surface area contributed by atoms with Crippen molar-refractivity contribution < 1.29 is 19.4 Å². The van der Waals surface area contributed by atoms with Crippen LogP contribution in [0.25, 0.3) is 17.3 Å². The number of carbonyl (C=O) groups is 1. The number of rotatable bonds is 7. The zero-order chi connectivity index (χ0) is 19.2. The highest BCUT2D eigenvalue weighted by Gasteiger charge is 2.15. The third-order valence-electron chi connectivity index (χ3n) is 3.98. The van der Waals surface area contributed by atoms with E-state index in [1.807, 2.05) is 6.07 Å². The minimum Gasteiger partial charge on any atom is -0.507 e. The third-order valence-corrected chi connectivity index (χ3v) is 3.98. The molecule has 6 nitrogen and oxygen atoms in total. The molecule has 27 heavy (non-hydrogen) atoms. The second-order valence-electron chi connectivity index (χ2n) is 5.64. The Balaban J connectivity index is 1.98. The number of ether oxygens (including phenoxy) is 2. The summed E-state index contributed by atoms with van der Waals surface area (Å²) in [5.41, 5.74) is 2.92. The number of pyridine rings is 2. The van der Waals surface area contributed by atoms with Crippen LogP contribution in [0.2, 0.25) is 0 Å². The lowest BCUT2D eigenvalue weighted by Gasteiger charge is -2.14. The van der Waals surface area contributed by atoms with Crippen molar-refractivity contribution in [2.24, 2.45) is 0 Å². The number of phenols is 1. The van der Waals surface area contributed by atoms with Crippen LogP contribution in [0.15, 0.2) is 55.4 Å². The molecule has 3 aromatic rings. The highest BCUT2D eigenvalue weighted by molar-refractivity contribution is 5.79. The monoisotopic (exact) mass is 362 g/mol. The molecule has 136 valence electrons. The van der Waals surface area contributed by atoms with E-state index in [2.05, 4.69) is 16.5 Å². The summed E-state index contributed by atoms with van der Waals surface area (Å²) in [4.78, 5) is 19.7. The first-order chi connectivity index (χ1) is 13.2. The van der Waals surface area contributed by atoms with Crippen LogP contribution in [0.3, 0.4) is 0 Å². The van der Waals surface area contributed by atoms with E-state index in [4.69, 9.17) is 9.47 Å². The first-order valence-electron chi connectivity index (χ1n) is 8.18. The van der Waals surface area contributed by atoms with Crippen LogP contribution in [0.1, 0.15) is 21.5 Å². The number of benzene rings is 1. The van der Waals surface area contributed by atoms with E-state index >= 15 is 0 Å². The topological polar surface area (TPSA) is 81.5 Å². The van der Waals surface area contributed by atoms with E-state index < -0.39 is 0 Å². The van der Waals surface area contributed by atoms with Gasteiger partial charge in [0, 0.05) is 23.5 Å². The largest absolute Gasteiger partial charge is 0.507 e. The molecule has 6 heteroatoms. The maximum Gasteiger partial charge on any atom is 0.222 e. The zero-order valence-electron chi connectivity index (χ0n) is 14.8. The first kappa shape index (κ1) is 18.1. The van der Waals surface area contributed by atoms with Crippen LogP contribution in [0.5, 0.6) is 17.4 Å². The van der Waals surface area contributed by atoms with Crippen LogP contribution in [0.4, 0.5) is 0 Å². The number of aldehydes is 1. The standard InChI is InChI=1S/C21H18N2O4/c1-3-16-18(25)7-4-8-19(16)27-13-15-6-5-9-22-20(15)17-10-14(12-24)11-23-21(17)26-2/h3-12,25H,1,13H2,2H3. The van der Waals surface area contributed by atoms with Crippen LogP contribution in [-0.4, -0.2) is 28.5 Å². The predicted octanol–water partition coefficient (Wildman–Crippen LogP) is 3.89. The molecule has 2 aromatic heterocycles. The molecular weight excluding hydrogens is 344 g/mol. The molecule has 0 amide bonds. The van der Waals surface area contributed by atoms with Crippen LogP contribution < -0.4 is 9.47 Å². The van der Waals surface area contributed by atoms with Gasteiger partial charge in [-0.1, -0.05) is 24.8 Å². The summed E-state index contributed by atoms with van der Waals surface area (Å²) in [6, 6.07) is 10.4. The van der Waals surface area contributed by atoms with Crippen LogP contribution >= 0.6 is 0 Å². The number of hydrogen-bond donors (Lipinski definition) is 1. The van der Waals surface area contributed by atoms with E-state index in [1.54, 1.807) is 36.5 Å². The number of phenolic OH excluding ortho intramolecular Hbond substituents is 1. The Morgan fingerprint density at radius 1 is 1.22 bits per heavy atom. The molecule has 0 aliphatic heterocycles. The van der Waals surface area contributed by atoms with Crippen LogP contribution in [-0.2, 0) is 6.61 Å². The fraction of sp³-hybridized carbons (Fsp3) is 0.0952. The highest BCUT2D eigenvalue weighted by Crippen LogP contribution is 2.32. The van der Waals surface area contributed by atoms with Gasteiger partial charge in [0.15, 0.2) is 6.29 Å². The zero-order valence-corrected chi connectivity index (χ0v) is 14.8. The van der Waals surface area contributed by atoms with Crippen molar-refractivity contribution in [1.29, 1.82) is 0 Å². The first-order valence-corrected chi connectivity index (χ1v) is 8.18. The van der Waals surface area contributed by atoms with Crippen molar-refractivity contribution in [3.8, 4) is 28.6 Å². The molecule has 0 unspecified atom stereocenters. The fourth-order valence-corrected chi connectivity index (χ4v) is 2.68. The Morgan fingerprint density at radius 2 is 2.07 bits per heavy atom. The van der Waals surface area contributed by atoms with Gasteiger partial charge in [-0.25, -0.2) is 4.98 Å². The van der Waals surface area contributed by atoms with Gasteiger partial charge in [-0.05, 0) is 24.3 Å². The minimum absolute atomic E-state index is 0.0958. The fourth-order valence-electron chi connectivity index (χ4n) is 2.68. The molecule has 3 rings (SSSR count). The molecule has 1 aromatic carbocycles. The molecule has 0 atom stereocenters. The number of nitrogens with zero attached hydrogens (tertiary/aromatic N) is 2. The molecule has 0 saturated heterocycles. The van der Waals surface area contributed by atoms with Gasteiger partial charge in [0.25, 0.3) is 0 Å². The third kappa shape index (κ3) is 3.79. The molecular formula is C21H18N2O4. The van der Waals surface area contributed by atoms with Crippen molar-refractivity contribution in [1.82, 2.24) is 9.97 Å². The molecule has 0 spiro atoms. The van der Waals surface area contributed by atoms with E-state index in [1.165, 1.54) is 19.4 Å². The average Bonchev–Trinajstić information content (AvgIpc) is 2.72. The molecule has 0 saturated carbocycles. The highest BCUT2D eigenvalue weighted by atomic mass is 16.5. The predicted molar refractivity (Wildman–Crippen MR) is 102 cm³/mol. The quantitative estimate of drug-likeness (QED) is 0.642. The lowest BCUT2D eigenvalue weighted by atomic mass is 10.1. The summed E-state index contributed by atoms with van der Waals surface area (Å²) in [7, 11) is 1.51. The lowest BCUT2D eigenvalue weighted by Crippen LogP contribution is -2.02.